The number of aromatic hydroxyl groups is 1. The molecule has 0 radical (unpaired) electrons. The summed E-state index contributed by atoms with van der Waals surface area (Å²) in [6.07, 6.45) is 2.08. The van der Waals surface area contributed by atoms with E-state index in [4.69, 9.17) is 0 Å². The summed E-state index contributed by atoms with van der Waals surface area (Å²) in [7, 11) is 2.10. The maximum atomic E-state index is 10.4. The maximum Gasteiger partial charge on any atom is 0.224 e. The van der Waals surface area contributed by atoms with Crippen LogP contribution in [0.1, 0.15) is 5.56 Å². The van der Waals surface area contributed by atoms with E-state index in [0.29, 0.717) is 5.75 Å². The highest BCUT2D eigenvalue weighted by atomic mass is 16.3. The second kappa shape index (κ2) is 4.44. The van der Waals surface area contributed by atoms with Crippen molar-refractivity contribution in [3.05, 3.63) is 66.4 Å². The Morgan fingerprint density at radius 3 is 2.62 bits per heavy atom. The molecule has 0 atom stereocenters. The summed E-state index contributed by atoms with van der Waals surface area (Å²) < 4.78 is 4.52. The molecule has 3 heteroatoms. The van der Waals surface area contributed by atoms with Crippen LogP contribution >= 0.6 is 0 Å². The van der Waals surface area contributed by atoms with Crippen molar-refractivity contribution in [3.8, 4) is 5.75 Å². The minimum absolute atomic E-state index is 0.300. The zero-order valence-electron chi connectivity index (χ0n) is 14.6. The van der Waals surface area contributed by atoms with Gasteiger partial charge in [0.2, 0.25) is 5.52 Å². The van der Waals surface area contributed by atoms with E-state index in [-0.39, 0.29) is 0 Å². The fraction of sp³-hybridized carbons (Fsp3) is 0.0870. The predicted octanol–water partition coefficient (Wildman–Crippen LogP) is 4.83. The molecule has 0 amide bonds. The van der Waals surface area contributed by atoms with Crippen LogP contribution in [0.2, 0.25) is 0 Å². The lowest BCUT2D eigenvalue weighted by atomic mass is 9.99. The molecule has 0 saturated heterocycles. The number of phenols is 1. The Hall–Kier alpha value is -3.33. The van der Waals surface area contributed by atoms with E-state index in [1.807, 2.05) is 12.1 Å². The first-order chi connectivity index (χ1) is 12.6. The van der Waals surface area contributed by atoms with Crippen LogP contribution in [0.3, 0.4) is 0 Å². The molecule has 124 valence electrons. The van der Waals surface area contributed by atoms with Gasteiger partial charge in [-0.3, -0.25) is 0 Å². The third kappa shape index (κ3) is 1.47. The molecule has 6 aromatic rings. The Bertz CT molecular complexity index is 1510. The van der Waals surface area contributed by atoms with Crippen molar-refractivity contribution < 1.29 is 9.67 Å². The Kier molecular flexibility index (Phi) is 2.37. The third-order valence-corrected chi connectivity index (χ3v) is 5.72. The maximum absolute atomic E-state index is 10.4. The minimum atomic E-state index is 0.300. The minimum Gasteiger partial charge on any atom is -0.508 e. The quantitative estimate of drug-likeness (QED) is 0.240. The second-order valence-electron chi connectivity index (χ2n) is 7.21. The molecule has 3 aromatic heterocycles. The Morgan fingerprint density at radius 2 is 1.73 bits per heavy atom. The lowest BCUT2D eigenvalue weighted by Crippen LogP contribution is -2.28. The summed E-state index contributed by atoms with van der Waals surface area (Å²) in [5.74, 6) is 0.300. The molecule has 0 unspecified atom stereocenters. The number of aryl methyl sites for hydroxylation is 2. The first kappa shape index (κ1) is 13.9. The molecule has 3 heterocycles. The van der Waals surface area contributed by atoms with E-state index in [1.165, 1.54) is 43.7 Å². The van der Waals surface area contributed by atoms with Crippen LogP contribution in [0.4, 0.5) is 0 Å². The first-order valence-electron chi connectivity index (χ1n) is 8.84. The largest absolute Gasteiger partial charge is 0.508 e. The van der Waals surface area contributed by atoms with Gasteiger partial charge in [0.25, 0.3) is 0 Å². The molecule has 0 aliphatic heterocycles. The molecule has 0 bridgehead atoms. The van der Waals surface area contributed by atoms with Gasteiger partial charge in [-0.2, -0.15) is 0 Å². The Balaban J connectivity index is 2.17. The zero-order chi connectivity index (χ0) is 17.6. The summed E-state index contributed by atoms with van der Waals surface area (Å²) >= 11 is 0. The number of nitrogens with zero attached hydrogens (tertiary/aromatic N) is 2. The number of pyridine rings is 2. The number of fused-ring (bicyclic) bond motifs is 5. The van der Waals surface area contributed by atoms with E-state index in [2.05, 4.69) is 71.6 Å². The SMILES string of the molecule is Cc1ccc2c3ccccc3n3c4cc(O)cc5cc[n+](C)c(c1c23)c54. The Morgan fingerprint density at radius 1 is 0.885 bits per heavy atom. The van der Waals surface area contributed by atoms with Gasteiger partial charge < -0.3 is 9.51 Å². The number of hydrogen-bond donors (Lipinski definition) is 1. The van der Waals surface area contributed by atoms with E-state index in [1.54, 1.807) is 0 Å². The molecular formula is C23H17N2O+. The number of phenolic OH excluding ortho intramolecular Hbond substituents is 1. The Labute approximate surface area is 149 Å². The summed E-state index contributed by atoms with van der Waals surface area (Å²) in [5, 5.41) is 16.4. The van der Waals surface area contributed by atoms with Crippen LogP contribution in [0.15, 0.2) is 60.8 Å². The molecule has 0 aliphatic carbocycles. The van der Waals surface area contributed by atoms with Crippen LogP contribution < -0.4 is 4.57 Å². The molecule has 3 nitrogen and oxygen atoms in total. The predicted molar refractivity (Wildman–Crippen MR) is 106 cm³/mol. The first-order valence-corrected chi connectivity index (χ1v) is 8.84. The molecule has 3 aromatic carbocycles. The number of rotatable bonds is 0. The fourth-order valence-corrected chi connectivity index (χ4v) is 4.65. The summed E-state index contributed by atoms with van der Waals surface area (Å²) in [5.41, 5.74) is 5.94. The van der Waals surface area contributed by atoms with Crippen molar-refractivity contribution in [1.29, 1.82) is 0 Å². The van der Waals surface area contributed by atoms with Gasteiger partial charge in [0.15, 0.2) is 6.20 Å². The molecule has 6 rings (SSSR count). The molecular weight excluding hydrogens is 320 g/mol. The fourth-order valence-electron chi connectivity index (χ4n) is 4.65. The average molecular weight is 337 g/mol. The molecule has 0 aliphatic rings. The normalized spacial score (nSPS) is 12.4. The summed E-state index contributed by atoms with van der Waals surface area (Å²) in [6, 6.07) is 18.8. The highest BCUT2D eigenvalue weighted by Gasteiger charge is 2.23. The van der Waals surface area contributed by atoms with Crippen molar-refractivity contribution in [3.63, 3.8) is 0 Å². The topological polar surface area (TPSA) is 28.5 Å². The van der Waals surface area contributed by atoms with Gasteiger partial charge in [0.05, 0.1) is 27.3 Å². The second-order valence-corrected chi connectivity index (χ2v) is 7.21. The standard InChI is InChI=1S/C23H16N2O/c1-13-7-8-17-16-5-3-4-6-18(16)25-19-12-15(26)11-14-9-10-24(2)23(21(14)19)20(13)22(17)25/h3-12H,1-2H3/p+1. The highest BCUT2D eigenvalue weighted by Crippen LogP contribution is 2.41. The third-order valence-electron chi connectivity index (χ3n) is 5.72. The molecule has 0 spiro atoms. The van der Waals surface area contributed by atoms with Gasteiger partial charge in [-0.25, -0.2) is 4.57 Å². The van der Waals surface area contributed by atoms with Crippen LogP contribution in [0, 0.1) is 6.92 Å². The van der Waals surface area contributed by atoms with Crippen molar-refractivity contribution in [1.82, 2.24) is 4.40 Å². The highest BCUT2D eigenvalue weighted by molar-refractivity contribution is 6.25. The van der Waals surface area contributed by atoms with Crippen molar-refractivity contribution in [2.45, 2.75) is 6.92 Å². The monoisotopic (exact) mass is 337 g/mol. The van der Waals surface area contributed by atoms with Crippen LogP contribution in [-0.4, -0.2) is 9.51 Å². The van der Waals surface area contributed by atoms with Crippen LogP contribution in [-0.2, 0) is 7.05 Å². The van der Waals surface area contributed by atoms with E-state index >= 15 is 0 Å². The average Bonchev–Trinajstić information content (AvgIpc) is 2.97. The van der Waals surface area contributed by atoms with Gasteiger partial charge in [-0.05, 0) is 24.6 Å². The van der Waals surface area contributed by atoms with Crippen LogP contribution in [0.25, 0.3) is 49.0 Å². The van der Waals surface area contributed by atoms with Crippen molar-refractivity contribution >= 4 is 49.0 Å². The van der Waals surface area contributed by atoms with Crippen molar-refractivity contribution in [2.75, 3.05) is 0 Å². The van der Waals surface area contributed by atoms with Gasteiger partial charge in [-0.1, -0.05) is 30.3 Å². The van der Waals surface area contributed by atoms with Crippen LogP contribution in [0.5, 0.6) is 5.75 Å². The van der Waals surface area contributed by atoms with E-state index in [9.17, 15) is 5.11 Å². The lowest BCUT2D eigenvalue weighted by Gasteiger charge is -2.13. The number of aromatic nitrogens is 2. The summed E-state index contributed by atoms with van der Waals surface area (Å²) in [4.78, 5) is 0. The lowest BCUT2D eigenvalue weighted by molar-refractivity contribution is -0.643. The molecule has 1 N–H and O–H groups in total. The van der Waals surface area contributed by atoms with E-state index < -0.39 is 0 Å². The number of hydrogen-bond acceptors (Lipinski definition) is 1. The molecule has 0 fully saturated rings. The molecule has 0 saturated carbocycles. The molecule has 26 heavy (non-hydrogen) atoms. The zero-order valence-corrected chi connectivity index (χ0v) is 14.6. The van der Waals surface area contributed by atoms with Gasteiger partial charge in [0.1, 0.15) is 12.8 Å². The summed E-state index contributed by atoms with van der Waals surface area (Å²) in [6.45, 7) is 2.18. The van der Waals surface area contributed by atoms with E-state index in [0.717, 1.165) is 10.9 Å². The van der Waals surface area contributed by atoms with Gasteiger partial charge in [0, 0.05) is 28.3 Å². The van der Waals surface area contributed by atoms with Gasteiger partial charge >= 0.3 is 0 Å². The van der Waals surface area contributed by atoms with Gasteiger partial charge in [-0.15, -0.1) is 0 Å². The smallest absolute Gasteiger partial charge is 0.224 e. The number of benzene rings is 3. The van der Waals surface area contributed by atoms with Crippen molar-refractivity contribution in [2.24, 2.45) is 7.05 Å². The number of para-hydroxylation sites is 1.